The van der Waals surface area contributed by atoms with E-state index in [1.807, 2.05) is 47.2 Å². The molecule has 0 spiro atoms. The number of carbonyl (C=O) groups excluding carboxylic acids is 1. The summed E-state index contributed by atoms with van der Waals surface area (Å²) in [6.45, 7) is 0.535. The number of hydrogen-bond donors (Lipinski definition) is 1. The average Bonchev–Trinajstić information content (AvgIpc) is 2.96. The van der Waals surface area contributed by atoms with Crippen LogP contribution in [-0.2, 0) is 11.3 Å². The number of amides is 1. The predicted molar refractivity (Wildman–Crippen MR) is 88.1 cm³/mol. The summed E-state index contributed by atoms with van der Waals surface area (Å²) in [7, 11) is 0. The lowest BCUT2D eigenvalue weighted by Crippen LogP contribution is -2.33. The first-order valence-electron chi connectivity index (χ1n) is 7.96. The standard InChI is InChI=1S/C18H18N4O/c23-18(14-4-3-5-14)20-11-13-8-9-17(19-10-13)22-12-21-15-6-1-2-7-16(15)22/h1-2,6-10,12,14H,3-5,11H2,(H,20,23). The summed E-state index contributed by atoms with van der Waals surface area (Å²) in [6.07, 6.45) is 6.82. The molecule has 0 bridgehead atoms. The second-order valence-electron chi connectivity index (χ2n) is 5.97. The van der Waals surface area contributed by atoms with Crippen LogP contribution in [0.15, 0.2) is 48.9 Å². The third-order valence-electron chi connectivity index (χ3n) is 4.45. The highest BCUT2D eigenvalue weighted by molar-refractivity contribution is 5.79. The van der Waals surface area contributed by atoms with Gasteiger partial charge in [-0.15, -0.1) is 0 Å². The number of nitrogens with one attached hydrogen (secondary N) is 1. The van der Waals surface area contributed by atoms with E-state index in [1.165, 1.54) is 6.42 Å². The second-order valence-corrected chi connectivity index (χ2v) is 5.97. The van der Waals surface area contributed by atoms with Gasteiger partial charge in [-0.05, 0) is 36.6 Å². The first-order chi connectivity index (χ1) is 11.3. The van der Waals surface area contributed by atoms with Crippen LogP contribution in [0.3, 0.4) is 0 Å². The van der Waals surface area contributed by atoms with Crippen molar-refractivity contribution in [3.05, 3.63) is 54.5 Å². The lowest BCUT2D eigenvalue weighted by atomic mass is 9.85. The van der Waals surface area contributed by atoms with E-state index < -0.39 is 0 Å². The zero-order chi connectivity index (χ0) is 15.6. The molecule has 116 valence electrons. The largest absolute Gasteiger partial charge is 0.352 e. The number of pyridine rings is 1. The van der Waals surface area contributed by atoms with E-state index in [2.05, 4.69) is 15.3 Å². The highest BCUT2D eigenvalue weighted by Gasteiger charge is 2.24. The molecule has 0 aliphatic heterocycles. The van der Waals surface area contributed by atoms with E-state index in [-0.39, 0.29) is 11.8 Å². The van der Waals surface area contributed by atoms with Gasteiger partial charge in [0.05, 0.1) is 11.0 Å². The number of rotatable bonds is 4. The summed E-state index contributed by atoms with van der Waals surface area (Å²) in [5, 5.41) is 2.99. The van der Waals surface area contributed by atoms with Gasteiger partial charge in [-0.3, -0.25) is 9.36 Å². The van der Waals surface area contributed by atoms with Crippen molar-refractivity contribution in [2.24, 2.45) is 5.92 Å². The molecule has 1 aliphatic carbocycles. The van der Waals surface area contributed by atoms with Crippen molar-refractivity contribution in [1.29, 1.82) is 0 Å². The molecule has 1 aliphatic rings. The van der Waals surface area contributed by atoms with Gasteiger partial charge in [-0.1, -0.05) is 24.6 Å². The molecule has 5 heteroatoms. The smallest absolute Gasteiger partial charge is 0.223 e. The van der Waals surface area contributed by atoms with Gasteiger partial charge >= 0.3 is 0 Å². The van der Waals surface area contributed by atoms with Gasteiger partial charge < -0.3 is 5.32 Å². The van der Waals surface area contributed by atoms with Crippen molar-refractivity contribution < 1.29 is 4.79 Å². The lowest BCUT2D eigenvalue weighted by Gasteiger charge is -2.24. The molecule has 1 fully saturated rings. The maximum absolute atomic E-state index is 11.9. The van der Waals surface area contributed by atoms with Crippen LogP contribution < -0.4 is 5.32 Å². The van der Waals surface area contributed by atoms with Crippen LogP contribution in [0, 0.1) is 5.92 Å². The van der Waals surface area contributed by atoms with Gasteiger partial charge in [0, 0.05) is 18.7 Å². The predicted octanol–water partition coefficient (Wildman–Crippen LogP) is 2.84. The summed E-state index contributed by atoms with van der Waals surface area (Å²) < 4.78 is 1.96. The SMILES string of the molecule is O=C(NCc1ccc(-n2cnc3ccccc32)nc1)C1CCC1. The zero-order valence-electron chi connectivity index (χ0n) is 12.8. The topological polar surface area (TPSA) is 59.8 Å². The van der Waals surface area contributed by atoms with Gasteiger partial charge in [0.2, 0.25) is 5.91 Å². The quantitative estimate of drug-likeness (QED) is 0.806. The number of nitrogens with zero attached hydrogens (tertiary/aromatic N) is 3. The van der Waals surface area contributed by atoms with Crippen molar-refractivity contribution >= 4 is 16.9 Å². The van der Waals surface area contributed by atoms with E-state index in [4.69, 9.17) is 0 Å². The fraction of sp³-hybridized carbons (Fsp3) is 0.278. The Morgan fingerprint density at radius 1 is 1.17 bits per heavy atom. The molecule has 1 N–H and O–H groups in total. The Morgan fingerprint density at radius 3 is 2.78 bits per heavy atom. The molecule has 4 rings (SSSR count). The molecule has 2 aromatic heterocycles. The van der Waals surface area contributed by atoms with Gasteiger partial charge in [0.25, 0.3) is 0 Å². The van der Waals surface area contributed by atoms with Gasteiger partial charge in [0.1, 0.15) is 12.1 Å². The van der Waals surface area contributed by atoms with Crippen molar-refractivity contribution in [3.8, 4) is 5.82 Å². The molecule has 0 atom stereocenters. The molecule has 0 saturated heterocycles. The summed E-state index contributed by atoms with van der Waals surface area (Å²) >= 11 is 0. The molecule has 1 saturated carbocycles. The summed E-state index contributed by atoms with van der Waals surface area (Å²) in [6, 6.07) is 11.9. The Hall–Kier alpha value is -2.69. The third kappa shape index (κ3) is 2.70. The van der Waals surface area contributed by atoms with Gasteiger partial charge in [-0.2, -0.15) is 0 Å². The van der Waals surface area contributed by atoms with Gasteiger partial charge in [0.15, 0.2) is 0 Å². The first-order valence-corrected chi connectivity index (χ1v) is 7.96. The summed E-state index contributed by atoms with van der Waals surface area (Å²) in [5.41, 5.74) is 2.99. The van der Waals surface area contributed by atoms with E-state index in [9.17, 15) is 4.79 Å². The summed E-state index contributed by atoms with van der Waals surface area (Å²) in [4.78, 5) is 20.7. The van der Waals surface area contributed by atoms with Crippen LogP contribution in [0.5, 0.6) is 0 Å². The number of para-hydroxylation sites is 2. The monoisotopic (exact) mass is 306 g/mol. The number of fused-ring (bicyclic) bond motifs is 1. The van der Waals surface area contributed by atoms with Crippen LogP contribution >= 0.6 is 0 Å². The minimum atomic E-state index is 0.168. The van der Waals surface area contributed by atoms with E-state index in [0.717, 1.165) is 35.3 Å². The zero-order valence-corrected chi connectivity index (χ0v) is 12.8. The molecule has 0 unspecified atom stereocenters. The van der Waals surface area contributed by atoms with Crippen LogP contribution in [0.1, 0.15) is 24.8 Å². The molecule has 23 heavy (non-hydrogen) atoms. The molecular weight excluding hydrogens is 288 g/mol. The lowest BCUT2D eigenvalue weighted by molar-refractivity contribution is -0.127. The number of imidazole rings is 1. The molecular formula is C18H18N4O. The molecule has 5 nitrogen and oxygen atoms in total. The number of hydrogen-bond acceptors (Lipinski definition) is 3. The minimum absolute atomic E-state index is 0.168. The maximum atomic E-state index is 11.9. The van der Waals surface area contributed by atoms with Crippen molar-refractivity contribution in [2.45, 2.75) is 25.8 Å². The molecule has 1 aromatic carbocycles. The van der Waals surface area contributed by atoms with Gasteiger partial charge in [-0.25, -0.2) is 9.97 Å². The van der Waals surface area contributed by atoms with Crippen LogP contribution in [0.25, 0.3) is 16.9 Å². The van der Waals surface area contributed by atoms with Crippen LogP contribution in [-0.4, -0.2) is 20.4 Å². The minimum Gasteiger partial charge on any atom is -0.352 e. The fourth-order valence-electron chi connectivity index (χ4n) is 2.81. The van der Waals surface area contributed by atoms with Crippen molar-refractivity contribution in [2.75, 3.05) is 0 Å². The second kappa shape index (κ2) is 5.83. The van der Waals surface area contributed by atoms with E-state index in [1.54, 1.807) is 6.33 Å². The highest BCUT2D eigenvalue weighted by Crippen LogP contribution is 2.26. The van der Waals surface area contributed by atoms with E-state index in [0.29, 0.717) is 6.54 Å². The Labute approximate surface area is 134 Å². The average molecular weight is 306 g/mol. The van der Waals surface area contributed by atoms with Crippen molar-refractivity contribution in [1.82, 2.24) is 19.9 Å². The first kappa shape index (κ1) is 13.9. The molecule has 1 amide bonds. The Bertz CT molecular complexity index is 834. The van der Waals surface area contributed by atoms with Crippen molar-refractivity contribution in [3.63, 3.8) is 0 Å². The fourth-order valence-corrected chi connectivity index (χ4v) is 2.81. The molecule has 3 aromatic rings. The van der Waals surface area contributed by atoms with E-state index >= 15 is 0 Å². The maximum Gasteiger partial charge on any atom is 0.223 e. The Kier molecular flexibility index (Phi) is 3.54. The van der Waals surface area contributed by atoms with Crippen LogP contribution in [0.2, 0.25) is 0 Å². The third-order valence-corrected chi connectivity index (χ3v) is 4.45. The normalized spacial score (nSPS) is 14.6. The Balaban J connectivity index is 1.48. The molecule has 0 radical (unpaired) electrons. The number of aromatic nitrogens is 3. The van der Waals surface area contributed by atoms with Crippen LogP contribution in [0.4, 0.5) is 0 Å². The number of carbonyl (C=O) groups is 1. The highest BCUT2D eigenvalue weighted by atomic mass is 16.1. The summed E-state index contributed by atoms with van der Waals surface area (Å²) in [5.74, 6) is 1.22. The number of benzene rings is 1. The Morgan fingerprint density at radius 2 is 2.04 bits per heavy atom. The molecule has 2 heterocycles.